The van der Waals surface area contributed by atoms with E-state index in [4.69, 9.17) is 21.1 Å². The smallest absolute Gasteiger partial charge is 0.413 e. The fourth-order valence-electron chi connectivity index (χ4n) is 3.79. The molecular weight excluding hydrogens is 408 g/mol. The van der Waals surface area contributed by atoms with Gasteiger partial charge in [0.1, 0.15) is 5.54 Å². The van der Waals surface area contributed by atoms with Crippen LogP contribution in [0.3, 0.4) is 0 Å². The van der Waals surface area contributed by atoms with Crippen LogP contribution in [0.1, 0.15) is 47.3 Å². The monoisotopic (exact) mass is 430 g/mol. The summed E-state index contributed by atoms with van der Waals surface area (Å²) in [5, 5.41) is 0.408. The molecule has 158 valence electrons. The average molecular weight is 431 g/mol. The van der Waals surface area contributed by atoms with Crippen molar-refractivity contribution in [3.8, 4) is 0 Å². The lowest BCUT2D eigenvalue weighted by Gasteiger charge is -2.43. The van der Waals surface area contributed by atoms with Crippen LogP contribution < -0.4 is 0 Å². The molecule has 1 aliphatic rings. The molecule has 1 saturated carbocycles. The van der Waals surface area contributed by atoms with Crippen molar-refractivity contribution < 1.29 is 23.9 Å². The number of rotatable bonds is 5. The number of esters is 1. The highest BCUT2D eigenvalue weighted by Crippen LogP contribution is 2.42. The number of amides is 1. The van der Waals surface area contributed by atoms with E-state index in [1.54, 1.807) is 49.5 Å². The first-order valence-corrected chi connectivity index (χ1v) is 10.0. The van der Waals surface area contributed by atoms with Crippen LogP contribution in [0, 0.1) is 6.92 Å². The minimum absolute atomic E-state index is 0.0933. The molecule has 1 aromatic carbocycles. The zero-order valence-corrected chi connectivity index (χ0v) is 17.6. The summed E-state index contributed by atoms with van der Waals surface area (Å²) in [5.41, 5.74) is 0.157. The van der Waals surface area contributed by atoms with Gasteiger partial charge in [0.25, 0.3) is 0 Å². The second-order valence-corrected chi connectivity index (χ2v) is 7.53. The van der Waals surface area contributed by atoms with Gasteiger partial charge in [-0.15, -0.1) is 0 Å². The van der Waals surface area contributed by atoms with Crippen LogP contribution in [0.4, 0.5) is 4.79 Å². The molecule has 0 aliphatic heterocycles. The summed E-state index contributed by atoms with van der Waals surface area (Å²) >= 11 is 6.38. The van der Waals surface area contributed by atoms with Crippen molar-refractivity contribution >= 4 is 29.4 Å². The Hall–Kier alpha value is -2.93. The van der Waals surface area contributed by atoms with Gasteiger partial charge in [0.15, 0.2) is 5.78 Å². The lowest BCUT2D eigenvalue weighted by Crippen LogP contribution is -2.54. The number of aryl methyl sites for hydroxylation is 1. The molecule has 0 bridgehead atoms. The Bertz CT molecular complexity index is 964. The highest BCUT2D eigenvalue weighted by Gasteiger charge is 2.48. The van der Waals surface area contributed by atoms with E-state index in [1.807, 2.05) is 0 Å². The van der Waals surface area contributed by atoms with Gasteiger partial charge >= 0.3 is 12.1 Å². The summed E-state index contributed by atoms with van der Waals surface area (Å²) in [6.45, 7) is 1.10. The predicted octanol–water partition coefficient (Wildman–Crippen LogP) is 4.26. The van der Waals surface area contributed by atoms with E-state index in [9.17, 15) is 14.4 Å². The molecule has 1 atom stereocenters. The van der Waals surface area contributed by atoms with Crippen molar-refractivity contribution in [3.05, 3.63) is 64.4 Å². The van der Waals surface area contributed by atoms with Gasteiger partial charge in [-0.25, -0.2) is 9.59 Å². The lowest BCUT2D eigenvalue weighted by atomic mass is 9.74. The Balaban J connectivity index is 1.74. The standard InChI is InChI=1S/C22H23ClN2O5/c1-15-16(8-7-13-24-15)20(27)29-14-30-21(28)25(2)22(12-6-5-11-19(22)26)17-9-3-4-10-18(17)23/h3-4,7-10,13H,5-6,11-12,14H2,1-2H3/t22-/m0/s1. The Morgan fingerprint density at radius 3 is 2.63 bits per heavy atom. The van der Waals surface area contributed by atoms with Gasteiger partial charge in [0.05, 0.1) is 11.3 Å². The molecule has 0 N–H and O–H groups in total. The number of hydrogen-bond acceptors (Lipinski definition) is 6. The number of benzene rings is 1. The van der Waals surface area contributed by atoms with Crippen LogP contribution in [0.5, 0.6) is 0 Å². The van der Waals surface area contributed by atoms with Crippen LogP contribution in [0.15, 0.2) is 42.6 Å². The number of nitrogens with zero attached hydrogens (tertiary/aromatic N) is 2. The molecular formula is C22H23ClN2O5. The molecule has 7 nitrogen and oxygen atoms in total. The molecule has 0 radical (unpaired) electrons. The second kappa shape index (κ2) is 9.26. The van der Waals surface area contributed by atoms with Gasteiger partial charge in [-0.2, -0.15) is 0 Å². The maximum Gasteiger partial charge on any atom is 0.413 e. The maximum atomic E-state index is 13.0. The van der Waals surface area contributed by atoms with Gasteiger partial charge in [-0.3, -0.25) is 14.7 Å². The summed E-state index contributed by atoms with van der Waals surface area (Å²) in [5.74, 6) is -0.741. The molecule has 0 unspecified atom stereocenters. The van der Waals surface area contributed by atoms with Crippen LogP contribution in [0.25, 0.3) is 0 Å². The summed E-state index contributed by atoms with van der Waals surface area (Å²) in [6, 6.07) is 10.2. The Labute approximate surface area is 179 Å². The molecule has 2 aromatic rings. The van der Waals surface area contributed by atoms with Crippen molar-refractivity contribution in [1.29, 1.82) is 0 Å². The molecule has 1 aromatic heterocycles. The molecule has 1 amide bonds. The van der Waals surface area contributed by atoms with E-state index in [0.717, 1.165) is 12.8 Å². The number of ether oxygens (including phenoxy) is 2. The molecule has 8 heteroatoms. The van der Waals surface area contributed by atoms with Crippen molar-refractivity contribution in [2.45, 2.75) is 38.1 Å². The number of ketones is 1. The molecule has 1 aliphatic carbocycles. The average Bonchev–Trinajstić information content (AvgIpc) is 2.74. The maximum absolute atomic E-state index is 13.0. The molecule has 3 rings (SSSR count). The first kappa shape index (κ1) is 21.8. The second-order valence-electron chi connectivity index (χ2n) is 7.13. The van der Waals surface area contributed by atoms with Crippen molar-refractivity contribution in [2.24, 2.45) is 0 Å². The number of likely N-dealkylation sites (N-methyl/N-ethyl adjacent to an activating group) is 1. The quantitative estimate of drug-likeness (QED) is 0.520. The summed E-state index contributed by atoms with van der Waals surface area (Å²) in [7, 11) is 1.50. The summed E-state index contributed by atoms with van der Waals surface area (Å²) in [6.07, 6.45) is 3.10. The number of carbonyl (C=O) groups is 3. The molecule has 0 saturated heterocycles. The van der Waals surface area contributed by atoms with Gasteiger partial charge < -0.3 is 9.47 Å². The van der Waals surface area contributed by atoms with Crippen molar-refractivity contribution in [3.63, 3.8) is 0 Å². The zero-order chi connectivity index (χ0) is 21.7. The highest BCUT2D eigenvalue weighted by atomic mass is 35.5. The van der Waals surface area contributed by atoms with E-state index in [-0.39, 0.29) is 11.3 Å². The predicted molar refractivity (Wildman–Crippen MR) is 110 cm³/mol. The molecule has 1 heterocycles. The SMILES string of the molecule is Cc1ncccc1C(=O)OCOC(=O)N(C)[C@]1(c2ccccc2Cl)CCCCC1=O. The third-order valence-corrected chi connectivity index (χ3v) is 5.75. The summed E-state index contributed by atoms with van der Waals surface area (Å²) < 4.78 is 10.2. The molecule has 1 fully saturated rings. The van der Waals surface area contributed by atoms with Gasteiger partial charge in [0.2, 0.25) is 6.79 Å². The first-order valence-electron chi connectivity index (χ1n) is 9.65. The first-order chi connectivity index (χ1) is 14.4. The van der Waals surface area contributed by atoms with Gasteiger partial charge in [-0.05, 0) is 44.4 Å². The van der Waals surface area contributed by atoms with E-state index >= 15 is 0 Å². The Kier molecular flexibility index (Phi) is 6.72. The lowest BCUT2D eigenvalue weighted by molar-refractivity contribution is -0.133. The number of Topliss-reactive ketones (excluding diaryl/α,β-unsaturated/α-hetero) is 1. The van der Waals surface area contributed by atoms with Crippen LogP contribution in [-0.4, -0.2) is 41.6 Å². The number of pyridine rings is 1. The normalized spacial score (nSPS) is 18.6. The number of halogens is 1. The van der Waals surface area contributed by atoms with E-state index in [0.29, 0.717) is 29.1 Å². The van der Waals surface area contributed by atoms with Crippen molar-refractivity contribution in [1.82, 2.24) is 9.88 Å². The van der Waals surface area contributed by atoms with Crippen LogP contribution in [0.2, 0.25) is 5.02 Å². The summed E-state index contributed by atoms with van der Waals surface area (Å²) in [4.78, 5) is 43.2. The largest absolute Gasteiger partial charge is 0.424 e. The molecule has 30 heavy (non-hydrogen) atoms. The van der Waals surface area contributed by atoms with Gasteiger partial charge in [0, 0.05) is 30.3 Å². The number of aromatic nitrogens is 1. The minimum Gasteiger partial charge on any atom is -0.424 e. The van der Waals surface area contributed by atoms with Gasteiger partial charge in [-0.1, -0.05) is 29.8 Å². The number of carbonyl (C=O) groups excluding carboxylic acids is 3. The molecule has 0 spiro atoms. The Morgan fingerprint density at radius 1 is 1.17 bits per heavy atom. The van der Waals surface area contributed by atoms with E-state index in [2.05, 4.69) is 4.98 Å². The van der Waals surface area contributed by atoms with Crippen molar-refractivity contribution in [2.75, 3.05) is 13.8 Å². The Morgan fingerprint density at radius 2 is 1.93 bits per heavy atom. The van der Waals surface area contributed by atoms with E-state index < -0.39 is 24.4 Å². The van der Waals surface area contributed by atoms with Crippen LogP contribution >= 0.6 is 11.6 Å². The minimum atomic E-state index is -1.21. The topological polar surface area (TPSA) is 85.8 Å². The van der Waals surface area contributed by atoms with Crippen LogP contribution in [-0.2, 0) is 19.8 Å². The fourth-order valence-corrected chi connectivity index (χ4v) is 4.09. The highest BCUT2D eigenvalue weighted by molar-refractivity contribution is 6.31. The fraction of sp³-hybridized carbons (Fsp3) is 0.364. The number of hydrogen-bond donors (Lipinski definition) is 0. The third-order valence-electron chi connectivity index (χ3n) is 5.42. The van der Waals surface area contributed by atoms with E-state index in [1.165, 1.54) is 11.9 Å². The third kappa shape index (κ3) is 4.16. The zero-order valence-electron chi connectivity index (χ0n) is 16.9.